The van der Waals surface area contributed by atoms with Gasteiger partial charge in [-0.05, 0) is 30.5 Å². The van der Waals surface area contributed by atoms with Crippen molar-refractivity contribution in [2.45, 2.75) is 19.2 Å². The first kappa shape index (κ1) is 10.9. The smallest absolute Gasteiger partial charge is 0.406 e. The van der Waals surface area contributed by atoms with E-state index in [1.165, 1.54) is 18.2 Å². The fourth-order valence-electron chi connectivity index (χ4n) is 1.10. The number of rotatable bonds is 3. The molecule has 14 heavy (non-hydrogen) atoms. The Hall–Kier alpha value is -1.19. The van der Waals surface area contributed by atoms with E-state index in [0.717, 1.165) is 5.56 Å². The van der Waals surface area contributed by atoms with Crippen molar-refractivity contribution in [3.8, 4) is 5.75 Å². The van der Waals surface area contributed by atoms with Crippen LogP contribution < -0.4 is 4.74 Å². The molecule has 0 atom stereocenters. The Kier molecular flexibility index (Phi) is 3.38. The van der Waals surface area contributed by atoms with Crippen LogP contribution in [0.3, 0.4) is 0 Å². The van der Waals surface area contributed by atoms with Crippen molar-refractivity contribution in [2.24, 2.45) is 0 Å². The minimum Gasteiger partial charge on any atom is -0.406 e. The van der Waals surface area contributed by atoms with Gasteiger partial charge in [0.15, 0.2) is 0 Å². The quantitative estimate of drug-likeness (QED) is 0.731. The van der Waals surface area contributed by atoms with Gasteiger partial charge < -0.3 is 4.74 Å². The van der Waals surface area contributed by atoms with Crippen molar-refractivity contribution in [1.82, 2.24) is 0 Å². The number of aryl methyl sites for hydroxylation is 1. The van der Waals surface area contributed by atoms with E-state index in [1.807, 2.05) is 0 Å². The van der Waals surface area contributed by atoms with Crippen molar-refractivity contribution >= 4 is 0 Å². The van der Waals surface area contributed by atoms with Gasteiger partial charge >= 0.3 is 6.36 Å². The minimum atomic E-state index is -4.62. The second-order valence-electron chi connectivity index (χ2n) is 2.80. The van der Waals surface area contributed by atoms with E-state index < -0.39 is 6.36 Å². The Morgan fingerprint density at radius 3 is 2.57 bits per heavy atom. The van der Waals surface area contributed by atoms with E-state index in [9.17, 15) is 13.2 Å². The van der Waals surface area contributed by atoms with Crippen LogP contribution in [0.1, 0.15) is 12.0 Å². The summed E-state index contributed by atoms with van der Waals surface area (Å²) in [6.45, 7) is 3.62. The van der Waals surface area contributed by atoms with Crippen molar-refractivity contribution in [1.29, 1.82) is 0 Å². The van der Waals surface area contributed by atoms with E-state index in [1.54, 1.807) is 6.07 Å². The lowest BCUT2D eigenvalue weighted by molar-refractivity contribution is -0.274. The molecule has 1 aromatic carbocycles. The van der Waals surface area contributed by atoms with Crippen molar-refractivity contribution in [2.75, 3.05) is 0 Å². The van der Waals surface area contributed by atoms with Gasteiger partial charge in [0.1, 0.15) is 5.75 Å². The topological polar surface area (TPSA) is 9.23 Å². The summed E-state index contributed by atoms with van der Waals surface area (Å²) in [5.74, 6) is -0.177. The van der Waals surface area contributed by atoms with Gasteiger partial charge in [0, 0.05) is 0 Å². The molecular formula is C10H10F3O. The van der Waals surface area contributed by atoms with Crippen LogP contribution in [0.4, 0.5) is 13.2 Å². The van der Waals surface area contributed by atoms with Crippen LogP contribution in [0.15, 0.2) is 24.3 Å². The number of ether oxygens (including phenoxy) is 1. The third-order valence-electron chi connectivity index (χ3n) is 1.60. The van der Waals surface area contributed by atoms with Crippen LogP contribution in [0, 0.1) is 6.92 Å². The molecule has 1 nitrogen and oxygen atoms in total. The highest BCUT2D eigenvalue weighted by molar-refractivity contribution is 5.28. The number of halogens is 3. The van der Waals surface area contributed by atoms with Crippen LogP contribution >= 0.6 is 0 Å². The lowest BCUT2D eigenvalue weighted by Gasteiger charge is -2.09. The maximum absolute atomic E-state index is 11.8. The molecule has 0 aliphatic rings. The summed E-state index contributed by atoms with van der Waals surface area (Å²) in [7, 11) is 0. The van der Waals surface area contributed by atoms with Crippen molar-refractivity contribution < 1.29 is 17.9 Å². The van der Waals surface area contributed by atoms with Crippen molar-refractivity contribution in [3.05, 3.63) is 36.8 Å². The van der Waals surface area contributed by atoms with Crippen LogP contribution in [0.5, 0.6) is 5.75 Å². The van der Waals surface area contributed by atoms with E-state index in [0.29, 0.717) is 12.8 Å². The average molecular weight is 203 g/mol. The van der Waals surface area contributed by atoms with Crippen molar-refractivity contribution in [3.63, 3.8) is 0 Å². The first-order chi connectivity index (χ1) is 6.51. The van der Waals surface area contributed by atoms with Crippen LogP contribution in [0.25, 0.3) is 0 Å². The Labute approximate surface area is 80.5 Å². The molecule has 1 rings (SSSR count). The van der Waals surface area contributed by atoms with Crippen LogP contribution in [-0.2, 0) is 6.42 Å². The normalized spacial score (nSPS) is 11.4. The predicted octanol–water partition coefficient (Wildman–Crippen LogP) is 3.35. The molecule has 77 valence electrons. The predicted molar refractivity (Wildman–Crippen MR) is 46.8 cm³/mol. The van der Waals surface area contributed by atoms with E-state index in [2.05, 4.69) is 11.7 Å². The maximum Gasteiger partial charge on any atom is 0.573 e. The van der Waals surface area contributed by atoms with Gasteiger partial charge in [-0.3, -0.25) is 0 Å². The summed E-state index contributed by atoms with van der Waals surface area (Å²) in [4.78, 5) is 0. The zero-order chi connectivity index (χ0) is 10.6. The summed E-state index contributed by atoms with van der Waals surface area (Å²) in [6, 6.07) is 5.93. The largest absolute Gasteiger partial charge is 0.573 e. The SMILES string of the molecule is [CH2]CCc1cccc(OC(F)(F)F)c1. The fourth-order valence-corrected chi connectivity index (χ4v) is 1.10. The Balaban J connectivity index is 2.73. The summed E-state index contributed by atoms with van der Waals surface area (Å²) in [5.41, 5.74) is 0.793. The highest BCUT2D eigenvalue weighted by Crippen LogP contribution is 2.23. The molecule has 0 aromatic heterocycles. The van der Waals surface area contributed by atoms with Gasteiger partial charge in [0.25, 0.3) is 0 Å². The summed E-state index contributed by atoms with van der Waals surface area (Å²) < 4.78 is 39.2. The third kappa shape index (κ3) is 3.68. The molecular weight excluding hydrogens is 193 g/mol. The highest BCUT2D eigenvalue weighted by atomic mass is 19.4. The van der Waals surface area contributed by atoms with Gasteiger partial charge in [-0.15, -0.1) is 13.2 Å². The summed E-state index contributed by atoms with van der Waals surface area (Å²) in [6.07, 6.45) is -3.33. The van der Waals surface area contributed by atoms with Crippen LogP contribution in [0.2, 0.25) is 0 Å². The molecule has 0 amide bonds. The second-order valence-corrected chi connectivity index (χ2v) is 2.80. The molecule has 0 saturated carbocycles. The molecule has 0 heterocycles. The first-order valence-corrected chi connectivity index (χ1v) is 4.15. The van der Waals surface area contributed by atoms with E-state index >= 15 is 0 Å². The second kappa shape index (κ2) is 4.35. The number of hydrogen-bond acceptors (Lipinski definition) is 1. The van der Waals surface area contributed by atoms with Gasteiger partial charge in [0.2, 0.25) is 0 Å². The third-order valence-corrected chi connectivity index (χ3v) is 1.60. The Morgan fingerprint density at radius 1 is 1.29 bits per heavy atom. The Bertz CT molecular complexity index is 294. The zero-order valence-electron chi connectivity index (χ0n) is 7.47. The molecule has 1 aromatic rings. The molecule has 0 bridgehead atoms. The molecule has 0 aliphatic carbocycles. The zero-order valence-corrected chi connectivity index (χ0v) is 7.47. The minimum absolute atomic E-state index is 0.177. The molecule has 0 unspecified atom stereocenters. The standard InChI is InChI=1S/C10H10F3O/c1-2-4-8-5-3-6-9(7-8)14-10(11,12)13/h3,5-7H,1-2,4H2. The monoisotopic (exact) mass is 203 g/mol. The molecule has 4 heteroatoms. The summed E-state index contributed by atoms with van der Waals surface area (Å²) >= 11 is 0. The van der Waals surface area contributed by atoms with Gasteiger partial charge in [-0.25, -0.2) is 0 Å². The maximum atomic E-state index is 11.8. The highest BCUT2D eigenvalue weighted by Gasteiger charge is 2.30. The average Bonchev–Trinajstić information content (AvgIpc) is 2.02. The van der Waals surface area contributed by atoms with Crippen LogP contribution in [-0.4, -0.2) is 6.36 Å². The number of alkyl halides is 3. The first-order valence-electron chi connectivity index (χ1n) is 4.15. The lowest BCUT2D eigenvalue weighted by atomic mass is 10.1. The molecule has 0 spiro atoms. The van der Waals surface area contributed by atoms with Gasteiger partial charge in [-0.1, -0.05) is 19.1 Å². The van der Waals surface area contributed by atoms with E-state index in [-0.39, 0.29) is 5.75 Å². The summed E-state index contributed by atoms with van der Waals surface area (Å²) in [5, 5.41) is 0. The fraction of sp³-hybridized carbons (Fsp3) is 0.300. The molecule has 0 aliphatic heterocycles. The molecule has 0 fully saturated rings. The molecule has 0 saturated heterocycles. The molecule has 1 radical (unpaired) electrons. The lowest BCUT2D eigenvalue weighted by Crippen LogP contribution is -2.17. The number of hydrogen-bond donors (Lipinski definition) is 0. The van der Waals surface area contributed by atoms with Gasteiger partial charge in [0.05, 0.1) is 0 Å². The Morgan fingerprint density at radius 2 is 2.00 bits per heavy atom. The van der Waals surface area contributed by atoms with E-state index in [4.69, 9.17) is 0 Å². The molecule has 0 N–H and O–H groups in total. The number of benzene rings is 1. The van der Waals surface area contributed by atoms with Gasteiger partial charge in [-0.2, -0.15) is 0 Å².